The van der Waals surface area contributed by atoms with Crippen LogP contribution in [0.3, 0.4) is 0 Å². The largest absolute Gasteiger partial charge is 0.293 e. The number of hydrogen-bond donors (Lipinski definition) is 0. The van der Waals surface area contributed by atoms with Crippen LogP contribution in [-0.2, 0) is 10.0 Å². The summed E-state index contributed by atoms with van der Waals surface area (Å²) in [5, 5.41) is 2.70. The normalized spacial score (nSPS) is 16.5. The molecule has 1 aliphatic rings. The number of thiophene rings is 1. The molecule has 1 fully saturated rings. The average molecular weight is 416 g/mol. The van der Waals surface area contributed by atoms with Gasteiger partial charge in [0.25, 0.3) is 0 Å². The molecule has 3 aromatic rings. The number of aromatic nitrogens is 1. The minimum absolute atomic E-state index is 0.0834. The van der Waals surface area contributed by atoms with Crippen molar-refractivity contribution in [2.75, 3.05) is 32.7 Å². The number of carbonyl (C=O) groups is 1. The van der Waals surface area contributed by atoms with Crippen molar-refractivity contribution in [3.8, 4) is 0 Å². The lowest BCUT2D eigenvalue weighted by atomic mass is 10.2. The topological polar surface area (TPSA) is 70.6 Å². The lowest BCUT2D eigenvalue weighted by Crippen LogP contribution is -2.49. The maximum absolute atomic E-state index is 13.2. The zero-order valence-corrected chi connectivity index (χ0v) is 17.2. The molecular formula is C20H21N3O3S2. The first kappa shape index (κ1) is 19.2. The summed E-state index contributed by atoms with van der Waals surface area (Å²) in [6, 6.07) is 12.7. The number of Topliss-reactive ketones (excluding diaryl/α,β-unsaturated/α-hetero) is 1. The first-order valence-electron chi connectivity index (χ1n) is 9.11. The van der Waals surface area contributed by atoms with E-state index in [2.05, 4.69) is 4.98 Å². The molecule has 146 valence electrons. The highest BCUT2D eigenvalue weighted by Gasteiger charge is 2.30. The number of benzene rings is 1. The summed E-state index contributed by atoms with van der Waals surface area (Å²) < 4.78 is 28.0. The molecule has 0 unspecified atom stereocenters. The van der Waals surface area contributed by atoms with Crippen LogP contribution in [0.1, 0.15) is 15.4 Å². The molecule has 1 saturated heterocycles. The van der Waals surface area contributed by atoms with E-state index >= 15 is 0 Å². The van der Waals surface area contributed by atoms with Crippen LogP contribution >= 0.6 is 11.3 Å². The lowest BCUT2D eigenvalue weighted by molar-refractivity contribution is 0.0906. The second-order valence-electron chi connectivity index (χ2n) is 6.86. The second kappa shape index (κ2) is 7.71. The zero-order chi connectivity index (χ0) is 19.7. The Morgan fingerprint density at radius 3 is 2.57 bits per heavy atom. The van der Waals surface area contributed by atoms with E-state index in [1.54, 1.807) is 12.1 Å². The molecule has 28 heavy (non-hydrogen) atoms. The van der Waals surface area contributed by atoms with Crippen LogP contribution in [0.4, 0.5) is 0 Å². The molecule has 0 N–H and O–H groups in total. The van der Waals surface area contributed by atoms with Gasteiger partial charge in [-0.1, -0.05) is 24.3 Å². The predicted molar refractivity (Wildman–Crippen MR) is 110 cm³/mol. The molecule has 1 aliphatic heterocycles. The minimum Gasteiger partial charge on any atom is -0.293 e. The Morgan fingerprint density at radius 1 is 1.07 bits per heavy atom. The summed E-state index contributed by atoms with van der Waals surface area (Å²) in [5.41, 5.74) is 1.30. The van der Waals surface area contributed by atoms with Crippen molar-refractivity contribution in [1.82, 2.24) is 14.2 Å². The van der Waals surface area contributed by atoms with Crippen LogP contribution in [0.5, 0.6) is 0 Å². The van der Waals surface area contributed by atoms with Crippen molar-refractivity contribution in [1.29, 1.82) is 0 Å². The van der Waals surface area contributed by atoms with Gasteiger partial charge in [-0.15, -0.1) is 11.3 Å². The van der Waals surface area contributed by atoms with Crippen LogP contribution in [0.25, 0.3) is 10.9 Å². The number of nitrogens with zero attached hydrogens (tertiary/aromatic N) is 3. The molecule has 0 amide bonds. The minimum atomic E-state index is -3.64. The van der Waals surface area contributed by atoms with Gasteiger partial charge in [-0.2, -0.15) is 4.31 Å². The molecule has 0 bridgehead atoms. The smallest absolute Gasteiger partial charge is 0.245 e. The van der Waals surface area contributed by atoms with Crippen molar-refractivity contribution in [2.45, 2.75) is 11.8 Å². The maximum atomic E-state index is 13.2. The molecule has 2 aromatic heterocycles. The van der Waals surface area contributed by atoms with E-state index in [1.807, 2.05) is 47.5 Å². The van der Waals surface area contributed by atoms with E-state index in [-0.39, 0.29) is 10.7 Å². The second-order valence-corrected chi connectivity index (χ2v) is 9.72. The quantitative estimate of drug-likeness (QED) is 0.600. The third kappa shape index (κ3) is 3.73. The van der Waals surface area contributed by atoms with Crippen LogP contribution in [0.2, 0.25) is 0 Å². The fourth-order valence-electron chi connectivity index (χ4n) is 3.41. The Labute approximate surface area is 168 Å². The predicted octanol–water partition coefficient (Wildman–Crippen LogP) is 2.79. The molecule has 0 spiro atoms. The van der Waals surface area contributed by atoms with Crippen LogP contribution in [0, 0.1) is 6.92 Å². The molecule has 0 aliphatic carbocycles. The van der Waals surface area contributed by atoms with E-state index in [9.17, 15) is 13.2 Å². The van der Waals surface area contributed by atoms with Gasteiger partial charge in [0.2, 0.25) is 10.0 Å². The van der Waals surface area contributed by atoms with E-state index in [0.29, 0.717) is 38.2 Å². The first-order chi connectivity index (χ1) is 13.4. The van der Waals surface area contributed by atoms with Crippen molar-refractivity contribution < 1.29 is 13.2 Å². The van der Waals surface area contributed by atoms with Gasteiger partial charge in [-0.05, 0) is 30.5 Å². The number of hydrogen-bond acceptors (Lipinski definition) is 6. The molecule has 3 heterocycles. The summed E-state index contributed by atoms with van der Waals surface area (Å²) in [4.78, 5) is 19.7. The van der Waals surface area contributed by atoms with Crippen LogP contribution < -0.4 is 0 Å². The Hall–Kier alpha value is -2.13. The standard InChI is InChI=1S/C20H21N3O3S2/c1-15-7-8-16-4-2-6-19(20(16)21-15)28(25,26)23-11-9-22(10-12-23)14-17(24)18-5-3-13-27-18/h2-8,13H,9-12,14H2,1H3. The summed E-state index contributed by atoms with van der Waals surface area (Å²) in [6.07, 6.45) is 0. The number of piperazine rings is 1. The van der Waals surface area contributed by atoms with Gasteiger partial charge in [0, 0.05) is 37.3 Å². The monoisotopic (exact) mass is 415 g/mol. The van der Waals surface area contributed by atoms with Crippen molar-refractivity contribution in [2.24, 2.45) is 0 Å². The zero-order valence-electron chi connectivity index (χ0n) is 15.5. The van der Waals surface area contributed by atoms with Gasteiger partial charge in [0.15, 0.2) is 5.78 Å². The SMILES string of the molecule is Cc1ccc2cccc(S(=O)(=O)N3CCN(CC(=O)c4cccs4)CC3)c2n1. The molecule has 4 rings (SSSR count). The molecule has 1 aromatic carbocycles. The molecule has 6 nitrogen and oxygen atoms in total. The first-order valence-corrected chi connectivity index (χ1v) is 11.4. The third-order valence-electron chi connectivity index (χ3n) is 4.93. The van der Waals surface area contributed by atoms with Gasteiger partial charge >= 0.3 is 0 Å². The van der Waals surface area contributed by atoms with Gasteiger partial charge in [0.1, 0.15) is 4.90 Å². The van der Waals surface area contributed by atoms with Crippen molar-refractivity contribution in [3.63, 3.8) is 0 Å². The molecule has 8 heteroatoms. The number of aryl methyl sites for hydroxylation is 1. The number of para-hydroxylation sites is 1. The highest BCUT2D eigenvalue weighted by atomic mass is 32.2. The lowest BCUT2D eigenvalue weighted by Gasteiger charge is -2.33. The van der Waals surface area contributed by atoms with Gasteiger partial charge in [-0.3, -0.25) is 14.7 Å². The van der Waals surface area contributed by atoms with E-state index in [4.69, 9.17) is 0 Å². The number of fused-ring (bicyclic) bond motifs is 1. The van der Waals surface area contributed by atoms with Crippen LogP contribution in [-0.4, -0.2) is 61.1 Å². The van der Waals surface area contributed by atoms with Crippen molar-refractivity contribution >= 4 is 38.0 Å². The maximum Gasteiger partial charge on any atom is 0.245 e. The molecule has 0 atom stereocenters. The van der Waals surface area contributed by atoms with Crippen LogP contribution in [0.15, 0.2) is 52.7 Å². The molecular weight excluding hydrogens is 394 g/mol. The number of rotatable bonds is 5. The number of carbonyl (C=O) groups excluding carboxylic acids is 1. The van der Waals surface area contributed by atoms with Gasteiger partial charge in [-0.25, -0.2) is 8.42 Å². The summed E-state index contributed by atoms with van der Waals surface area (Å²) in [6.45, 7) is 3.97. The molecule has 0 radical (unpaired) electrons. The number of pyridine rings is 1. The number of ketones is 1. The Bertz CT molecular complexity index is 1100. The Kier molecular flexibility index (Phi) is 5.29. The summed E-state index contributed by atoms with van der Waals surface area (Å²) >= 11 is 1.43. The molecule has 0 saturated carbocycles. The Balaban J connectivity index is 1.50. The summed E-state index contributed by atoms with van der Waals surface area (Å²) in [5.74, 6) is 0.0834. The van der Waals surface area contributed by atoms with Crippen molar-refractivity contribution in [3.05, 3.63) is 58.4 Å². The highest BCUT2D eigenvalue weighted by molar-refractivity contribution is 7.89. The van der Waals surface area contributed by atoms with Gasteiger partial charge < -0.3 is 0 Å². The fourth-order valence-corrected chi connectivity index (χ4v) is 5.65. The third-order valence-corrected chi connectivity index (χ3v) is 7.78. The fraction of sp³-hybridized carbons (Fsp3) is 0.300. The summed E-state index contributed by atoms with van der Waals surface area (Å²) in [7, 11) is -3.64. The Morgan fingerprint density at radius 2 is 1.86 bits per heavy atom. The highest BCUT2D eigenvalue weighted by Crippen LogP contribution is 2.25. The van der Waals surface area contributed by atoms with E-state index in [0.717, 1.165) is 16.0 Å². The van der Waals surface area contributed by atoms with E-state index < -0.39 is 10.0 Å². The average Bonchev–Trinajstić information content (AvgIpc) is 3.23. The number of sulfonamides is 1. The van der Waals surface area contributed by atoms with Gasteiger partial charge in [0.05, 0.1) is 16.9 Å². The van der Waals surface area contributed by atoms with E-state index in [1.165, 1.54) is 15.6 Å².